The second kappa shape index (κ2) is 11.3. The fourth-order valence-electron chi connectivity index (χ4n) is 3.73. The molecule has 0 atom stereocenters. The maximum Gasteiger partial charge on any atom is 0.306 e. The Labute approximate surface area is 183 Å². The molecule has 0 saturated carbocycles. The number of hydrogen-bond acceptors (Lipinski definition) is 6. The van der Waals surface area contributed by atoms with Crippen molar-refractivity contribution in [2.75, 3.05) is 18.1 Å². The molecule has 5 nitrogen and oxygen atoms in total. The summed E-state index contributed by atoms with van der Waals surface area (Å²) in [5, 5.41) is 0.790. The van der Waals surface area contributed by atoms with E-state index >= 15 is 0 Å². The summed E-state index contributed by atoms with van der Waals surface area (Å²) in [6.07, 6.45) is 8.13. The third kappa shape index (κ3) is 5.91. The minimum absolute atomic E-state index is 0.0519. The van der Waals surface area contributed by atoms with Crippen LogP contribution in [0.15, 0.2) is 29.1 Å². The van der Waals surface area contributed by atoms with Gasteiger partial charge in [0, 0.05) is 29.1 Å². The van der Waals surface area contributed by atoms with Crippen LogP contribution in [-0.4, -0.2) is 24.1 Å². The molecular weight excluding hydrogens is 396 g/mol. The highest BCUT2D eigenvalue weighted by atomic mass is 32.1. The molecule has 1 aliphatic rings. The molecule has 0 fully saturated rings. The van der Waals surface area contributed by atoms with E-state index in [0.29, 0.717) is 19.4 Å². The smallest absolute Gasteiger partial charge is 0.306 e. The number of aromatic nitrogens is 1. The number of carbonyl (C=O) groups excluding carboxylic acids is 1. The SMILES string of the molecule is CCCOC(=O)CCc1ccc(N(CCC)c2nc(=O)c3c(s2)CCCCC3)cc1. The van der Waals surface area contributed by atoms with Crippen LogP contribution in [0.1, 0.15) is 68.4 Å². The van der Waals surface area contributed by atoms with Gasteiger partial charge in [0.15, 0.2) is 5.13 Å². The minimum Gasteiger partial charge on any atom is -0.466 e. The Balaban J connectivity index is 1.76. The van der Waals surface area contributed by atoms with Crippen molar-refractivity contribution in [2.45, 2.75) is 71.6 Å². The Bertz CT molecular complexity index is 892. The monoisotopic (exact) mass is 428 g/mol. The van der Waals surface area contributed by atoms with Crippen molar-refractivity contribution in [3.05, 3.63) is 50.6 Å². The van der Waals surface area contributed by atoms with Crippen LogP contribution in [0.5, 0.6) is 0 Å². The fourth-order valence-corrected chi connectivity index (χ4v) is 4.95. The molecule has 1 aromatic heterocycles. The molecule has 0 aliphatic heterocycles. The van der Waals surface area contributed by atoms with Crippen molar-refractivity contribution >= 4 is 28.1 Å². The summed E-state index contributed by atoms with van der Waals surface area (Å²) in [6, 6.07) is 8.23. The topological polar surface area (TPSA) is 59.5 Å². The van der Waals surface area contributed by atoms with Gasteiger partial charge in [-0.3, -0.25) is 9.59 Å². The summed E-state index contributed by atoms with van der Waals surface area (Å²) in [5.41, 5.74) is 3.02. The second-order valence-corrected chi connectivity index (χ2v) is 8.86. The Hall–Kier alpha value is -2.21. The number of ether oxygens (including phenoxy) is 1. The molecule has 30 heavy (non-hydrogen) atoms. The van der Waals surface area contributed by atoms with E-state index in [2.05, 4.69) is 41.1 Å². The first kappa shape index (κ1) is 22.5. The largest absolute Gasteiger partial charge is 0.466 e. The van der Waals surface area contributed by atoms with E-state index < -0.39 is 0 Å². The molecule has 0 N–H and O–H groups in total. The maximum atomic E-state index is 12.7. The van der Waals surface area contributed by atoms with Gasteiger partial charge >= 0.3 is 5.97 Å². The van der Waals surface area contributed by atoms with Crippen LogP contribution in [0.2, 0.25) is 0 Å². The average Bonchev–Trinajstić information content (AvgIpc) is 3.01. The minimum atomic E-state index is -0.146. The number of carbonyl (C=O) groups is 1. The molecule has 0 spiro atoms. The standard InChI is InChI=1S/C24H32N2O3S/c1-3-16-26(24-25-23(28)20-8-6-5-7-9-21(20)30-24)19-13-10-18(11-14-19)12-15-22(27)29-17-4-2/h10-11,13-14H,3-9,12,15-17H2,1-2H3. The van der Waals surface area contributed by atoms with Gasteiger partial charge < -0.3 is 9.64 Å². The molecule has 2 aromatic rings. The number of esters is 1. The number of rotatable bonds is 9. The highest BCUT2D eigenvalue weighted by molar-refractivity contribution is 7.15. The van der Waals surface area contributed by atoms with Gasteiger partial charge in [-0.25, -0.2) is 0 Å². The first-order valence-electron chi connectivity index (χ1n) is 11.2. The number of hydrogen-bond donors (Lipinski definition) is 0. The molecule has 3 rings (SSSR count). The molecule has 6 heteroatoms. The van der Waals surface area contributed by atoms with Gasteiger partial charge in [-0.1, -0.05) is 32.4 Å². The van der Waals surface area contributed by atoms with Crippen LogP contribution in [0, 0.1) is 0 Å². The molecule has 0 unspecified atom stereocenters. The van der Waals surface area contributed by atoms with Gasteiger partial charge in [-0.2, -0.15) is 4.98 Å². The Morgan fingerprint density at radius 3 is 2.60 bits per heavy atom. The van der Waals surface area contributed by atoms with E-state index in [4.69, 9.17) is 4.74 Å². The molecule has 0 amide bonds. The molecular formula is C24H32N2O3S. The van der Waals surface area contributed by atoms with E-state index in [1.54, 1.807) is 11.3 Å². The van der Waals surface area contributed by atoms with Crippen LogP contribution >= 0.6 is 11.3 Å². The summed E-state index contributed by atoms with van der Waals surface area (Å²) in [5.74, 6) is -0.146. The first-order chi connectivity index (χ1) is 14.6. The predicted octanol–water partition coefficient (Wildman–Crippen LogP) is 5.21. The lowest BCUT2D eigenvalue weighted by Gasteiger charge is -2.23. The molecule has 0 bridgehead atoms. The lowest BCUT2D eigenvalue weighted by atomic mass is 10.1. The normalized spacial score (nSPS) is 13.4. The Morgan fingerprint density at radius 1 is 1.10 bits per heavy atom. The summed E-state index contributed by atoms with van der Waals surface area (Å²) in [7, 11) is 0. The van der Waals surface area contributed by atoms with Crippen molar-refractivity contribution in [3.63, 3.8) is 0 Å². The zero-order valence-corrected chi connectivity index (χ0v) is 18.9. The zero-order chi connectivity index (χ0) is 21.3. The number of benzene rings is 1. The van der Waals surface area contributed by atoms with Gasteiger partial charge in [0.2, 0.25) is 0 Å². The highest BCUT2D eigenvalue weighted by Crippen LogP contribution is 2.31. The Morgan fingerprint density at radius 2 is 1.87 bits per heavy atom. The van der Waals surface area contributed by atoms with Gasteiger partial charge in [-0.15, -0.1) is 11.3 Å². The van der Waals surface area contributed by atoms with E-state index in [1.165, 1.54) is 11.3 Å². The van der Waals surface area contributed by atoms with E-state index in [0.717, 1.165) is 67.0 Å². The molecule has 0 radical (unpaired) electrons. The number of anilines is 2. The van der Waals surface area contributed by atoms with E-state index in [9.17, 15) is 9.59 Å². The van der Waals surface area contributed by atoms with Gasteiger partial charge in [0.1, 0.15) is 0 Å². The summed E-state index contributed by atoms with van der Waals surface area (Å²) in [4.78, 5) is 32.2. The first-order valence-corrected chi connectivity index (χ1v) is 12.0. The molecule has 1 heterocycles. The number of aryl methyl sites for hydroxylation is 2. The molecule has 1 aromatic carbocycles. The predicted molar refractivity (Wildman–Crippen MR) is 123 cm³/mol. The summed E-state index contributed by atoms with van der Waals surface area (Å²) in [6.45, 7) is 5.42. The highest BCUT2D eigenvalue weighted by Gasteiger charge is 2.18. The van der Waals surface area contributed by atoms with Crippen LogP contribution in [0.3, 0.4) is 0 Å². The van der Waals surface area contributed by atoms with Crippen LogP contribution in [-0.2, 0) is 28.8 Å². The van der Waals surface area contributed by atoms with Gasteiger partial charge in [0.05, 0.1) is 6.61 Å². The summed E-state index contributed by atoms with van der Waals surface area (Å²) >= 11 is 1.67. The van der Waals surface area contributed by atoms with Crippen molar-refractivity contribution in [2.24, 2.45) is 0 Å². The van der Waals surface area contributed by atoms with Gasteiger partial charge in [0.25, 0.3) is 5.56 Å². The van der Waals surface area contributed by atoms with Crippen molar-refractivity contribution in [1.29, 1.82) is 0 Å². The van der Waals surface area contributed by atoms with Crippen molar-refractivity contribution < 1.29 is 9.53 Å². The molecule has 162 valence electrons. The fraction of sp³-hybridized carbons (Fsp3) is 0.542. The van der Waals surface area contributed by atoms with Gasteiger partial charge in [-0.05, 0) is 62.6 Å². The second-order valence-electron chi connectivity index (χ2n) is 7.80. The van der Waals surface area contributed by atoms with Crippen molar-refractivity contribution in [1.82, 2.24) is 4.98 Å². The number of nitrogens with zero attached hydrogens (tertiary/aromatic N) is 2. The molecule has 1 aliphatic carbocycles. The number of fused-ring (bicyclic) bond motifs is 1. The van der Waals surface area contributed by atoms with Crippen LogP contribution in [0.4, 0.5) is 10.8 Å². The quantitative estimate of drug-likeness (QED) is 0.405. The lowest BCUT2D eigenvalue weighted by molar-refractivity contribution is -0.143. The van der Waals surface area contributed by atoms with Crippen LogP contribution in [0.25, 0.3) is 0 Å². The summed E-state index contributed by atoms with van der Waals surface area (Å²) < 4.78 is 5.15. The average molecular weight is 429 g/mol. The third-order valence-electron chi connectivity index (χ3n) is 5.35. The molecule has 0 saturated heterocycles. The maximum absolute atomic E-state index is 12.7. The zero-order valence-electron chi connectivity index (χ0n) is 18.1. The van der Waals surface area contributed by atoms with Crippen molar-refractivity contribution in [3.8, 4) is 0 Å². The Kier molecular flexibility index (Phi) is 8.43. The van der Waals surface area contributed by atoms with Crippen LogP contribution < -0.4 is 10.5 Å². The third-order valence-corrected chi connectivity index (χ3v) is 6.54. The van der Waals surface area contributed by atoms with E-state index in [1.807, 2.05) is 6.92 Å². The lowest BCUT2D eigenvalue weighted by Crippen LogP contribution is -2.23. The van der Waals surface area contributed by atoms with E-state index in [-0.39, 0.29) is 11.5 Å².